The highest BCUT2D eigenvalue weighted by Gasteiger charge is 2.06. The van der Waals surface area contributed by atoms with Gasteiger partial charge in [-0.25, -0.2) is 3.96 Å². The lowest BCUT2D eigenvalue weighted by atomic mass is 10.1. The molecule has 4 nitrogen and oxygen atoms in total. The van der Waals surface area contributed by atoms with Gasteiger partial charge in [-0.3, -0.25) is 9.59 Å². The van der Waals surface area contributed by atoms with Crippen molar-refractivity contribution >= 4 is 29.1 Å². The molecule has 0 aliphatic carbocycles. The summed E-state index contributed by atoms with van der Waals surface area (Å²) in [6, 6.07) is 8.92. The van der Waals surface area contributed by atoms with E-state index in [1.165, 1.54) is 21.6 Å². The highest BCUT2D eigenvalue weighted by atomic mass is 35.5. The first kappa shape index (κ1) is 16.8. The average Bonchev–Trinajstić information content (AvgIpc) is 2.85. The van der Waals surface area contributed by atoms with Gasteiger partial charge in [0.2, 0.25) is 0 Å². The van der Waals surface area contributed by atoms with Crippen molar-refractivity contribution in [3.8, 4) is 5.69 Å². The first-order valence-corrected chi connectivity index (χ1v) is 8.39. The minimum atomic E-state index is -0.168. The van der Waals surface area contributed by atoms with Crippen molar-refractivity contribution in [3.63, 3.8) is 0 Å². The molecule has 0 bridgehead atoms. The van der Waals surface area contributed by atoms with E-state index in [1.807, 2.05) is 24.3 Å². The van der Waals surface area contributed by atoms with Crippen LogP contribution in [0.4, 0.5) is 0 Å². The zero-order valence-electron chi connectivity index (χ0n) is 12.4. The molecule has 118 valence electrons. The summed E-state index contributed by atoms with van der Waals surface area (Å²) < 4.78 is 7.11. The number of hydrogen-bond donors (Lipinski definition) is 0. The molecule has 2 aromatic rings. The normalized spacial score (nSPS) is 10.6. The van der Waals surface area contributed by atoms with E-state index in [9.17, 15) is 9.59 Å². The van der Waals surface area contributed by atoms with Gasteiger partial charge in [-0.2, -0.15) is 0 Å². The predicted molar refractivity (Wildman–Crippen MR) is 89.1 cm³/mol. The largest absolute Gasteiger partial charge is 0.466 e. The van der Waals surface area contributed by atoms with Crippen LogP contribution in [-0.2, 0) is 16.0 Å². The zero-order valence-corrected chi connectivity index (χ0v) is 14.0. The zero-order chi connectivity index (χ0) is 15.9. The van der Waals surface area contributed by atoms with Crippen LogP contribution in [0.3, 0.4) is 0 Å². The molecule has 1 heterocycles. The van der Waals surface area contributed by atoms with Crippen LogP contribution >= 0.6 is 23.1 Å². The van der Waals surface area contributed by atoms with E-state index < -0.39 is 0 Å². The molecule has 0 saturated carbocycles. The summed E-state index contributed by atoms with van der Waals surface area (Å²) >= 11 is 7.03. The van der Waals surface area contributed by atoms with Crippen LogP contribution < -0.4 is 5.56 Å². The van der Waals surface area contributed by atoms with Gasteiger partial charge in [0.25, 0.3) is 5.56 Å². The van der Waals surface area contributed by atoms with Gasteiger partial charge < -0.3 is 4.74 Å². The standard InChI is InChI=1S/C16H18ClNO3S/c1-2-3-10-21-16(20)9-6-12-4-7-13(8-5-12)18-15(19)11-14(17)22-18/h4-5,7-8,11H,2-3,6,9-10H2,1H3. The van der Waals surface area contributed by atoms with Gasteiger partial charge >= 0.3 is 5.97 Å². The molecule has 0 aliphatic heterocycles. The number of carbonyl (C=O) groups excluding carboxylic acids is 1. The third kappa shape index (κ3) is 4.71. The lowest BCUT2D eigenvalue weighted by Gasteiger charge is -2.05. The Bertz CT molecular complexity index is 675. The first-order valence-electron chi connectivity index (χ1n) is 7.24. The number of aromatic nitrogens is 1. The number of ether oxygens (including phenoxy) is 1. The first-order chi connectivity index (χ1) is 10.6. The Hall–Kier alpha value is -1.59. The van der Waals surface area contributed by atoms with Gasteiger partial charge in [-0.1, -0.05) is 37.1 Å². The fraction of sp³-hybridized carbons (Fsp3) is 0.375. The number of carbonyl (C=O) groups is 1. The highest BCUT2D eigenvalue weighted by Crippen LogP contribution is 2.18. The van der Waals surface area contributed by atoms with E-state index in [0.717, 1.165) is 24.1 Å². The van der Waals surface area contributed by atoms with E-state index in [0.29, 0.717) is 23.8 Å². The third-order valence-electron chi connectivity index (χ3n) is 3.17. The molecule has 6 heteroatoms. The fourth-order valence-electron chi connectivity index (χ4n) is 1.94. The highest BCUT2D eigenvalue weighted by molar-refractivity contribution is 7.11. The summed E-state index contributed by atoms with van der Waals surface area (Å²) in [4.78, 5) is 23.2. The molecular weight excluding hydrogens is 322 g/mol. The Morgan fingerprint density at radius 1 is 1.32 bits per heavy atom. The van der Waals surface area contributed by atoms with Crippen LogP contribution in [0.1, 0.15) is 31.7 Å². The van der Waals surface area contributed by atoms with Crippen LogP contribution in [0.25, 0.3) is 5.69 Å². The smallest absolute Gasteiger partial charge is 0.306 e. The third-order valence-corrected chi connectivity index (χ3v) is 4.35. The lowest BCUT2D eigenvalue weighted by Crippen LogP contribution is -2.09. The molecule has 0 spiro atoms. The molecule has 22 heavy (non-hydrogen) atoms. The van der Waals surface area contributed by atoms with Gasteiger partial charge in [-0.05, 0) is 42.1 Å². The van der Waals surface area contributed by atoms with Crippen LogP contribution in [-0.4, -0.2) is 16.5 Å². The number of benzene rings is 1. The molecule has 0 atom stereocenters. The summed E-state index contributed by atoms with van der Waals surface area (Å²) in [5, 5.41) is 0. The van der Waals surface area contributed by atoms with Crippen LogP contribution in [0.15, 0.2) is 35.1 Å². The minimum absolute atomic E-state index is 0.137. The summed E-state index contributed by atoms with van der Waals surface area (Å²) in [6.45, 7) is 2.55. The second-order valence-corrected chi connectivity index (χ2v) is 6.53. The fourth-order valence-corrected chi connectivity index (χ4v) is 2.94. The number of rotatable bonds is 7. The molecule has 0 saturated heterocycles. The van der Waals surface area contributed by atoms with Crippen molar-refractivity contribution < 1.29 is 9.53 Å². The van der Waals surface area contributed by atoms with Crippen LogP contribution in [0, 0.1) is 0 Å². The Morgan fingerprint density at radius 3 is 2.64 bits per heavy atom. The SMILES string of the molecule is CCCCOC(=O)CCc1ccc(-n2sc(Cl)cc2=O)cc1. The number of nitrogens with zero attached hydrogens (tertiary/aromatic N) is 1. The van der Waals surface area contributed by atoms with E-state index in [1.54, 1.807) is 0 Å². The van der Waals surface area contributed by atoms with Crippen LogP contribution in [0.2, 0.25) is 4.34 Å². The maximum atomic E-state index is 11.7. The maximum absolute atomic E-state index is 11.7. The number of unbranched alkanes of at least 4 members (excludes halogenated alkanes) is 1. The molecule has 0 N–H and O–H groups in total. The summed E-state index contributed by atoms with van der Waals surface area (Å²) in [6.07, 6.45) is 2.92. The molecule has 0 aliphatic rings. The number of halogens is 1. The van der Waals surface area contributed by atoms with Crippen molar-refractivity contribution in [3.05, 3.63) is 50.6 Å². The number of hydrogen-bond acceptors (Lipinski definition) is 4. The predicted octanol–water partition coefficient (Wildman–Crippen LogP) is 3.83. The van der Waals surface area contributed by atoms with E-state index >= 15 is 0 Å². The van der Waals surface area contributed by atoms with Crippen molar-refractivity contribution in [1.82, 2.24) is 3.96 Å². The second-order valence-electron chi connectivity index (χ2n) is 4.91. The summed E-state index contributed by atoms with van der Waals surface area (Å²) in [5.41, 5.74) is 1.67. The molecule has 2 rings (SSSR count). The van der Waals surface area contributed by atoms with Gasteiger partial charge in [0.05, 0.1) is 12.3 Å². The van der Waals surface area contributed by atoms with E-state index in [2.05, 4.69) is 6.92 Å². The van der Waals surface area contributed by atoms with Gasteiger partial charge in [0.1, 0.15) is 4.34 Å². The quantitative estimate of drug-likeness (QED) is 0.569. The Morgan fingerprint density at radius 2 is 2.05 bits per heavy atom. The van der Waals surface area contributed by atoms with Crippen molar-refractivity contribution in [2.45, 2.75) is 32.6 Å². The second kappa shape index (κ2) is 8.15. The lowest BCUT2D eigenvalue weighted by molar-refractivity contribution is -0.143. The molecule has 0 radical (unpaired) electrons. The molecule has 0 amide bonds. The number of aryl methyl sites for hydroxylation is 1. The monoisotopic (exact) mass is 339 g/mol. The van der Waals surface area contributed by atoms with E-state index in [-0.39, 0.29) is 11.5 Å². The summed E-state index contributed by atoms with van der Waals surface area (Å²) in [7, 11) is 0. The topological polar surface area (TPSA) is 48.3 Å². The maximum Gasteiger partial charge on any atom is 0.306 e. The molecule has 1 aromatic carbocycles. The minimum Gasteiger partial charge on any atom is -0.466 e. The van der Waals surface area contributed by atoms with Crippen molar-refractivity contribution in [2.75, 3.05) is 6.61 Å². The molecule has 0 fully saturated rings. The molecule has 0 unspecified atom stereocenters. The van der Waals surface area contributed by atoms with Crippen molar-refractivity contribution in [1.29, 1.82) is 0 Å². The van der Waals surface area contributed by atoms with Gasteiger partial charge in [-0.15, -0.1) is 0 Å². The van der Waals surface area contributed by atoms with Gasteiger partial charge in [0.15, 0.2) is 0 Å². The molecular formula is C16H18ClNO3S. The van der Waals surface area contributed by atoms with Crippen LogP contribution in [0.5, 0.6) is 0 Å². The number of esters is 1. The average molecular weight is 340 g/mol. The molecule has 1 aromatic heterocycles. The Balaban J connectivity index is 1.91. The Labute approximate surface area is 138 Å². The van der Waals surface area contributed by atoms with Crippen molar-refractivity contribution in [2.24, 2.45) is 0 Å². The summed E-state index contributed by atoms with van der Waals surface area (Å²) in [5.74, 6) is -0.168. The van der Waals surface area contributed by atoms with E-state index in [4.69, 9.17) is 16.3 Å². The Kier molecular flexibility index (Phi) is 6.21. The van der Waals surface area contributed by atoms with Gasteiger partial charge in [0, 0.05) is 12.5 Å².